The molecule has 2 N–H and O–H groups in total. The first kappa shape index (κ1) is 13.2. The molecule has 2 amide bonds. The number of carboxylic acid groups (broad SMARTS) is 1. The number of carbonyl (C=O) groups excluding carboxylic acids is 1. The van der Waals surface area contributed by atoms with Gasteiger partial charge in [0.05, 0.1) is 0 Å². The molecule has 5 nitrogen and oxygen atoms in total. The average molecular weight is 254 g/mol. The fraction of sp³-hybridized carbons (Fsp3) is 0.846. The first-order chi connectivity index (χ1) is 8.68. The molecule has 2 aliphatic rings. The van der Waals surface area contributed by atoms with Gasteiger partial charge in [-0.05, 0) is 31.6 Å². The Labute approximate surface area is 108 Å². The molecule has 1 saturated carbocycles. The van der Waals surface area contributed by atoms with E-state index in [0.29, 0.717) is 0 Å². The number of urea groups is 1. The van der Waals surface area contributed by atoms with E-state index in [9.17, 15) is 9.59 Å². The van der Waals surface area contributed by atoms with Crippen LogP contribution >= 0.6 is 0 Å². The Bertz CT molecular complexity index is 307. The van der Waals surface area contributed by atoms with Crippen LogP contribution in [0.2, 0.25) is 0 Å². The molecule has 1 aliphatic heterocycles. The van der Waals surface area contributed by atoms with Crippen molar-refractivity contribution in [1.82, 2.24) is 10.2 Å². The largest absolute Gasteiger partial charge is 0.480 e. The number of likely N-dealkylation sites (tertiary alicyclic amines) is 1. The standard InChI is InChI=1S/C13H22N2O3/c16-12(17)11(10-6-7-10)14-13(18)15-8-4-2-1-3-5-9-15/h10-11H,1-9H2,(H,14,18)(H,16,17). The van der Waals surface area contributed by atoms with Gasteiger partial charge in [-0.2, -0.15) is 0 Å². The molecule has 0 aromatic carbocycles. The van der Waals surface area contributed by atoms with Crippen LogP contribution in [0.5, 0.6) is 0 Å². The second-order valence-corrected chi connectivity index (χ2v) is 5.36. The van der Waals surface area contributed by atoms with Crippen LogP contribution < -0.4 is 5.32 Å². The highest BCUT2D eigenvalue weighted by atomic mass is 16.4. The summed E-state index contributed by atoms with van der Waals surface area (Å²) in [6.07, 6.45) is 7.44. The normalized spacial score (nSPS) is 22.8. The minimum atomic E-state index is -0.905. The molecular weight excluding hydrogens is 232 g/mol. The minimum Gasteiger partial charge on any atom is -0.480 e. The number of hydrogen-bond acceptors (Lipinski definition) is 2. The predicted molar refractivity (Wildman–Crippen MR) is 67.3 cm³/mol. The summed E-state index contributed by atoms with van der Waals surface area (Å²) in [6, 6.07) is -0.890. The Balaban J connectivity index is 1.86. The van der Waals surface area contributed by atoms with E-state index < -0.39 is 12.0 Å². The monoisotopic (exact) mass is 254 g/mol. The third-order valence-corrected chi connectivity index (χ3v) is 3.78. The summed E-state index contributed by atoms with van der Waals surface area (Å²) in [6.45, 7) is 1.51. The quantitative estimate of drug-likeness (QED) is 0.807. The maximum atomic E-state index is 12.1. The molecule has 0 bridgehead atoms. The lowest BCUT2D eigenvalue weighted by atomic mass is 10.1. The van der Waals surface area contributed by atoms with E-state index in [1.165, 1.54) is 6.42 Å². The van der Waals surface area contributed by atoms with Gasteiger partial charge in [0.1, 0.15) is 6.04 Å². The molecule has 0 radical (unpaired) electrons. The smallest absolute Gasteiger partial charge is 0.326 e. The van der Waals surface area contributed by atoms with Crippen molar-refractivity contribution in [3.8, 4) is 0 Å². The molecule has 0 aromatic rings. The highest BCUT2D eigenvalue weighted by Gasteiger charge is 2.37. The van der Waals surface area contributed by atoms with E-state index in [4.69, 9.17) is 5.11 Å². The van der Waals surface area contributed by atoms with Crippen LogP contribution in [0.3, 0.4) is 0 Å². The molecule has 1 aliphatic carbocycles. The van der Waals surface area contributed by atoms with Crippen LogP contribution in [0.4, 0.5) is 4.79 Å². The lowest BCUT2D eigenvalue weighted by Crippen LogP contribution is -2.49. The Morgan fingerprint density at radius 3 is 2.11 bits per heavy atom. The number of nitrogens with zero attached hydrogens (tertiary/aromatic N) is 1. The zero-order valence-electron chi connectivity index (χ0n) is 10.7. The van der Waals surface area contributed by atoms with Crippen molar-refractivity contribution in [2.24, 2.45) is 5.92 Å². The van der Waals surface area contributed by atoms with E-state index in [1.807, 2.05) is 0 Å². The van der Waals surface area contributed by atoms with Crippen LogP contribution in [0.25, 0.3) is 0 Å². The Hall–Kier alpha value is -1.26. The Morgan fingerprint density at radius 2 is 1.61 bits per heavy atom. The van der Waals surface area contributed by atoms with Gasteiger partial charge < -0.3 is 15.3 Å². The second kappa shape index (κ2) is 6.07. The fourth-order valence-corrected chi connectivity index (χ4v) is 2.49. The van der Waals surface area contributed by atoms with E-state index in [0.717, 1.165) is 51.6 Å². The van der Waals surface area contributed by atoms with Crippen molar-refractivity contribution in [2.75, 3.05) is 13.1 Å². The summed E-state index contributed by atoms with van der Waals surface area (Å²) in [5, 5.41) is 11.8. The fourth-order valence-electron chi connectivity index (χ4n) is 2.49. The van der Waals surface area contributed by atoms with Crippen LogP contribution in [0, 0.1) is 5.92 Å². The lowest BCUT2D eigenvalue weighted by Gasteiger charge is -2.26. The molecule has 5 heteroatoms. The van der Waals surface area contributed by atoms with Gasteiger partial charge in [-0.3, -0.25) is 0 Å². The van der Waals surface area contributed by atoms with Crippen molar-refractivity contribution >= 4 is 12.0 Å². The van der Waals surface area contributed by atoms with Gasteiger partial charge in [0.15, 0.2) is 0 Å². The SMILES string of the molecule is O=C(O)C(NC(=O)N1CCCCCCC1)C1CC1. The summed E-state index contributed by atoms with van der Waals surface area (Å²) in [5.41, 5.74) is 0. The van der Waals surface area contributed by atoms with Gasteiger partial charge in [0.2, 0.25) is 0 Å². The van der Waals surface area contributed by atoms with Crippen LogP contribution in [0.1, 0.15) is 44.9 Å². The van der Waals surface area contributed by atoms with Crippen LogP contribution in [-0.2, 0) is 4.79 Å². The summed E-state index contributed by atoms with van der Waals surface area (Å²) in [4.78, 5) is 24.9. The highest BCUT2D eigenvalue weighted by Crippen LogP contribution is 2.32. The van der Waals surface area contributed by atoms with Crippen molar-refractivity contribution in [1.29, 1.82) is 0 Å². The molecule has 0 aromatic heterocycles. The summed E-state index contributed by atoms with van der Waals surface area (Å²) < 4.78 is 0. The van der Waals surface area contributed by atoms with Crippen molar-refractivity contribution < 1.29 is 14.7 Å². The average Bonchev–Trinajstić information content (AvgIpc) is 3.08. The van der Waals surface area contributed by atoms with E-state index >= 15 is 0 Å². The van der Waals surface area contributed by atoms with Crippen molar-refractivity contribution in [3.63, 3.8) is 0 Å². The molecule has 18 heavy (non-hydrogen) atoms. The Morgan fingerprint density at radius 1 is 1.06 bits per heavy atom. The number of rotatable bonds is 3. The van der Waals surface area contributed by atoms with Crippen molar-refractivity contribution in [2.45, 2.75) is 51.0 Å². The number of aliphatic carboxylic acids is 1. The Kier molecular flexibility index (Phi) is 4.44. The van der Waals surface area contributed by atoms with E-state index in [2.05, 4.69) is 5.32 Å². The number of amides is 2. The van der Waals surface area contributed by atoms with Crippen molar-refractivity contribution in [3.05, 3.63) is 0 Å². The molecule has 2 rings (SSSR count). The van der Waals surface area contributed by atoms with Gasteiger partial charge >= 0.3 is 12.0 Å². The maximum Gasteiger partial charge on any atom is 0.326 e. The summed E-state index contributed by atoms with van der Waals surface area (Å²) in [7, 11) is 0. The number of carboxylic acids is 1. The first-order valence-corrected chi connectivity index (χ1v) is 6.97. The molecule has 102 valence electrons. The molecule has 0 spiro atoms. The van der Waals surface area contributed by atoms with Gasteiger partial charge in [0.25, 0.3) is 0 Å². The van der Waals surface area contributed by atoms with E-state index in [-0.39, 0.29) is 11.9 Å². The molecule has 1 saturated heterocycles. The highest BCUT2D eigenvalue weighted by molar-refractivity contribution is 5.83. The maximum absolute atomic E-state index is 12.1. The molecule has 2 fully saturated rings. The lowest BCUT2D eigenvalue weighted by molar-refractivity contribution is -0.139. The molecular formula is C13H22N2O3. The number of carbonyl (C=O) groups is 2. The third-order valence-electron chi connectivity index (χ3n) is 3.78. The third kappa shape index (κ3) is 3.62. The van der Waals surface area contributed by atoms with Crippen LogP contribution in [0.15, 0.2) is 0 Å². The molecule has 1 heterocycles. The topological polar surface area (TPSA) is 69.6 Å². The zero-order valence-corrected chi connectivity index (χ0v) is 10.7. The number of hydrogen-bond donors (Lipinski definition) is 2. The first-order valence-electron chi connectivity index (χ1n) is 6.97. The second-order valence-electron chi connectivity index (χ2n) is 5.36. The minimum absolute atomic E-state index is 0.140. The number of nitrogens with one attached hydrogen (secondary N) is 1. The van der Waals surface area contributed by atoms with Gasteiger partial charge in [-0.25, -0.2) is 9.59 Å². The predicted octanol–water partition coefficient (Wildman–Crippen LogP) is 1.83. The van der Waals surface area contributed by atoms with E-state index in [1.54, 1.807) is 4.90 Å². The van der Waals surface area contributed by atoms with Gasteiger partial charge in [-0.15, -0.1) is 0 Å². The molecule has 1 unspecified atom stereocenters. The van der Waals surface area contributed by atoms with Crippen LogP contribution in [-0.4, -0.2) is 41.1 Å². The molecule has 1 atom stereocenters. The van der Waals surface area contributed by atoms with Gasteiger partial charge in [0, 0.05) is 13.1 Å². The van der Waals surface area contributed by atoms with Gasteiger partial charge in [-0.1, -0.05) is 19.3 Å². The summed E-state index contributed by atoms with van der Waals surface area (Å²) in [5.74, 6) is -0.765. The summed E-state index contributed by atoms with van der Waals surface area (Å²) >= 11 is 0. The zero-order chi connectivity index (χ0) is 13.0.